The van der Waals surface area contributed by atoms with E-state index in [1.54, 1.807) is 12.1 Å². The summed E-state index contributed by atoms with van der Waals surface area (Å²) < 4.78 is 21.0. The Hall–Kier alpha value is -1.97. The number of nitrogens with one attached hydrogen (secondary N) is 1. The predicted molar refractivity (Wildman–Crippen MR) is 118 cm³/mol. The van der Waals surface area contributed by atoms with Crippen LogP contribution in [0.2, 0.25) is 0 Å². The van der Waals surface area contributed by atoms with E-state index in [2.05, 4.69) is 27.3 Å². The van der Waals surface area contributed by atoms with Crippen LogP contribution in [0.5, 0.6) is 0 Å². The zero-order chi connectivity index (χ0) is 21.6. The molecule has 1 amide bonds. The number of ether oxygens (including phenoxy) is 1. The van der Waals surface area contributed by atoms with Gasteiger partial charge in [0.05, 0.1) is 17.9 Å². The zero-order valence-corrected chi connectivity index (χ0v) is 18.7. The number of thioether (sulfide) groups is 1. The summed E-state index contributed by atoms with van der Waals surface area (Å²) in [5, 5.41) is 12.5. The zero-order valence-electron chi connectivity index (χ0n) is 17.9. The van der Waals surface area contributed by atoms with E-state index in [9.17, 15) is 9.18 Å². The first-order valence-corrected chi connectivity index (χ1v) is 12.1. The number of carbonyl (C=O) groups is 1. The van der Waals surface area contributed by atoms with E-state index in [0.717, 1.165) is 44.0 Å². The van der Waals surface area contributed by atoms with Crippen LogP contribution >= 0.6 is 11.8 Å². The van der Waals surface area contributed by atoms with Gasteiger partial charge in [-0.15, -0.1) is 10.2 Å². The second-order valence-corrected chi connectivity index (χ2v) is 9.10. The standard InChI is InChI=1S/C22H30FN5O2S/c1-16(27-11-3-2-4-12-27)21-25-26-22(28(21)18-9-7-17(23)8-10-18)31-15-20(29)24-14-19-6-5-13-30-19/h7-10,16,19H,2-6,11-15H2,1H3,(H,24,29)/t16-,19-/m0/s1. The van der Waals surface area contributed by atoms with Gasteiger partial charge in [-0.2, -0.15) is 0 Å². The Balaban J connectivity index is 1.49. The minimum atomic E-state index is -0.287. The number of likely N-dealkylation sites (tertiary alicyclic amines) is 1. The molecule has 0 spiro atoms. The van der Waals surface area contributed by atoms with Crippen molar-refractivity contribution in [1.82, 2.24) is 25.0 Å². The van der Waals surface area contributed by atoms with Crippen molar-refractivity contribution >= 4 is 17.7 Å². The van der Waals surface area contributed by atoms with Crippen molar-refractivity contribution in [1.29, 1.82) is 0 Å². The average Bonchev–Trinajstić information content (AvgIpc) is 3.47. The normalized spacial score (nSPS) is 20.6. The van der Waals surface area contributed by atoms with Crippen LogP contribution in [0.25, 0.3) is 5.69 Å². The lowest BCUT2D eigenvalue weighted by molar-refractivity contribution is -0.119. The maximum Gasteiger partial charge on any atom is 0.230 e. The maximum absolute atomic E-state index is 13.5. The van der Waals surface area contributed by atoms with Crippen LogP contribution in [0.15, 0.2) is 29.4 Å². The van der Waals surface area contributed by atoms with Crippen molar-refractivity contribution < 1.29 is 13.9 Å². The molecule has 2 aliphatic rings. The molecule has 1 aromatic heterocycles. The van der Waals surface area contributed by atoms with Gasteiger partial charge >= 0.3 is 0 Å². The van der Waals surface area contributed by atoms with Crippen LogP contribution in [-0.2, 0) is 9.53 Å². The molecule has 168 valence electrons. The molecule has 9 heteroatoms. The third-order valence-corrected chi connectivity index (χ3v) is 6.87. The highest BCUT2D eigenvalue weighted by Gasteiger charge is 2.26. The molecule has 2 fully saturated rings. The third kappa shape index (κ3) is 5.64. The number of aromatic nitrogens is 3. The van der Waals surface area contributed by atoms with Gasteiger partial charge in [-0.1, -0.05) is 18.2 Å². The van der Waals surface area contributed by atoms with Crippen LogP contribution in [0.1, 0.15) is 50.9 Å². The number of amides is 1. The van der Waals surface area contributed by atoms with Gasteiger partial charge < -0.3 is 10.1 Å². The van der Waals surface area contributed by atoms with Crippen molar-refractivity contribution in [2.24, 2.45) is 0 Å². The topological polar surface area (TPSA) is 72.3 Å². The van der Waals surface area contributed by atoms with Crippen LogP contribution < -0.4 is 5.32 Å². The molecular formula is C22H30FN5O2S. The van der Waals surface area contributed by atoms with Gasteiger partial charge in [-0.25, -0.2) is 4.39 Å². The molecule has 0 bridgehead atoms. The third-order valence-electron chi connectivity index (χ3n) is 5.94. The van der Waals surface area contributed by atoms with Crippen LogP contribution in [-0.4, -0.2) is 63.7 Å². The molecule has 2 aromatic rings. The summed E-state index contributed by atoms with van der Waals surface area (Å²) in [6.07, 6.45) is 5.78. The Labute approximate surface area is 186 Å². The number of hydrogen-bond acceptors (Lipinski definition) is 6. The van der Waals surface area contributed by atoms with Gasteiger partial charge in [0.15, 0.2) is 11.0 Å². The molecule has 7 nitrogen and oxygen atoms in total. The number of benzene rings is 1. The Kier molecular flexibility index (Phi) is 7.58. The largest absolute Gasteiger partial charge is 0.376 e. The van der Waals surface area contributed by atoms with E-state index >= 15 is 0 Å². The molecule has 1 N–H and O–H groups in total. The van der Waals surface area contributed by atoms with Crippen LogP contribution in [0, 0.1) is 5.82 Å². The molecule has 0 aliphatic carbocycles. The number of piperidine rings is 1. The van der Waals surface area contributed by atoms with Crippen molar-refractivity contribution in [2.45, 2.75) is 56.3 Å². The Morgan fingerprint density at radius 2 is 2.00 bits per heavy atom. The average molecular weight is 448 g/mol. The van der Waals surface area contributed by atoms with E-state index < -0.39 is 0 Å². The summed E-state index contributed by atoms with van der Waals surface area (Å²) in [4.78, 5) is 14.8. The molecule has 3 heterocycles. The number of rotatable bonds is 8. The smallest absolute Gasteiger partial charge is 0.230 e. The van der Waals surface area contributed by atoms with Gasteiger partial charge in [-0.05, 0) is 70.0 Å². The van der Waals surface area contributed by atoms with E-state index in [0.29, 0.717) is 11.7 Å². The molecule has 4 rings (SSSR count). The van der Waals surface area contributed by atoms with Crippen LogP contribution in [0.4, 0.5) is 4.39 Å². The summed E-state index contributed by atoms with van der Waals surface area (Å²) in [6.45, 7) is 5.52. The van der Waals surface area contributed by atoms with Gasteiger partial charge in [-0.3, -0.25) is 14.3 Å². The molecule has 2 saturated heterocycles. The second kappa shape index (κ2) is 10.6. The number of nitrogens with zero attached hydrogens (tertiary/aromatic N) is 4. The van der Waals surface area contributed by atoms with Gasteiger partial charge in [0.1, 0.15) is 5.82 Å². The summed E-state index contributed by atoms with van der Waals surface area (Å²) >= 11 is 1.35. The molecule has 2 aliphatic heterocycles. The minimum Gasteiger partial charge on any atom is -0.376 e. The monoisotopic (exact) mass is 447 g/mol. The molecule has 0 saturated carbocycles. The van der Waals surface area contributed by atoms with Crippen LogP contribution in [0.3, 0.4) is 0 Å². The Morgan fingerprint density at radius 1 is 1.23 bits per heavy atom. The summed E-state index contributed by atoms with van der Waals surface area (Å²) in [5.74, 6) is 0.713. The highest BCUT2D eigenvalue weighted by atomic mass is 32.2. The van der Waals surface area contributed by atoms with Gasteiger partial charge in [0, 0.05) is 18.8 Å². The lowest BCUT2D eigenvalue weighted by atomic mass is 10.1. The molecule has 2 atom stereocenters. The minimum absolute atomic E-state index is 0.0558. The molecule has 31 heavy (non-hydrogen) atoms. The van der Waals surface area contributed by atoms with E-state index in [-0.39, 0.29) is 29.6 Å². The maximum atomic E-state index is 13.5. The lowest BCUT2D eigenvalue weighted by Crippen LogP contribution is -2.33. The quantitative estimate of drug-likeness (QED) is 0.626. The second-order valence-electron chi connectivity index (χ2n) is 8.15. The molecule has 0 radical (unpaired) electrons. The number of carbonyl (C=O) groups excluding carboxylic acids is 1. The van der Waals surface area contributed by atoms with E-state index in [4.69, 9.17) is 4.74 Å². The van der Waals surface area contributed by atoms with Crippen molar-refractivity contribution in [3.05, 3.63) is 35.9 Å². The van der Waals surface area contributed by atoms with E-state index in [1.165, 1.54) is 43.2 Å². The Bertz CT molecular complexity index is 863. The molecule has 1 aromatic carbocycles. The van der Waals surface area contributed by atoms with Gasteiger partial charge in [0.25, 0.3) is 0 Å². The van der Waals surface area contributed by atoms with Crippen molar-refractivity contribution in [3.8, 4) is 5.69 Å². The number of hydrogen-bond donors (Lipinski definition) is 1. The fraction of sp³-hybridized carbons (Fsp3) is 0.591. The highest BCUT2D eigenvalue weighted by molar-refractivity contribution is 7.99. The van der Waals surface area contributed by atoms with E-state index in [1.807, 2.05) is 4.57 Å². The summed E-state index contributed by atoms with van der Waals surface area (Å²) in [6, 6.07) is 6.42. The predicted octanol–water partition coefficient (Wildman–Crippen LogP) is 3.34. The first-order valence-electron chi connectivity index (χ1n) is 11.1. The first kappa shape index (κ1) is 22.2. The fourth-order valence-corrected chi connectivity index (χ4v) is 4.95. The molecular weight excluding hydrogens is 417 g/mol. The van der Waals surface area contributed by atoms with Gasteiger partial charge in [0.2, 0.25) is 5.91 Å². The number of halogens is 1. The Morgan fingerprint density at radius 3 is 2.71 bits per heavy atom. The molecule has 0 unspecified atom stereocenters. The lowest BCUT2D eigenvalue weighted by Gasteiger charge is -2.31. The van der Waals surface area contributed by atoms with Crippen molar-refractivity contribution in [2.75, 3.05) is 32.0 Å². The summed E-state index contributed by atoms with van der Waals surface area (Å²) in [5.41, 5.74) is 0.799. The first-order chi connectivity index (χ1) is 15.1. The fourth-order valence-electron chi connectivity index (χ4n) is 4.16. The SMILES string of the molecule is C[C@@H](c1nnc(SCC(=O)NC[C@@H]2CCCO2)n1-c1ccc(F)cc1)N1CCCCC1. The summed E-state index contributed by atoms with van der Waals surface area (Å²) in [7, 11) is 0. The highest BCUT2D eigenvalue weighted by Crippen LogP contribution is 2.29. The van der Waals surface area contributed by atoms with Crippen molar-refractivity contribution in [3.63, 3.8) is 0 Å².